The fourth-order valence-corrected chi connectivity index (χ4v) is 9.06. The highest BCUT2D eigenvalue weighted by molar-refractivity contribution is 7.99. The van der Waals surface area contributed by atoms with Gasteiger partial charge in [-0.25, -0.2) is 0 Å². The third-order valence-corrected chi connectivity index (χ3v) is 11.2. The minimum absolute atomic E-state index is 0.0897. The fraction of sp³-hybridized carbons (Fsp3) is 0.806. The Balaban J connectivity index is 0.000000438. The second-order valence-electron chi connectivity index (χ2n) is 13.7. The number of carbonyl (C=O) groups excluding carboxylic acids is 1. The summed E-state index contributed by atoms with van der Waals surface area (Å²) in [5, 5.41) is 17.4. The van der Waals surface area contributed by atoms with Crippen molar-refractivity contribution in [3.63, 3.8) is 0 Å². The molecule has 5 nitrogen and oxygen atoms in total. The summed E-state index contributed by atoms with van der Waals surface area (Å²) in [5.41, 5.74) is 5.27. The van der Waals surface area contributed by atoms with Crippen LogP contribution in [0, 0.1) is 29.6 Å². The topological polar surface area (TPSA) is 76.0 Å². The maximum absolute atomic E-state index is 12.2. The van der Waals surface area contributed by atoms with Gasteiger partial charge in [0, 0.05) is 19.0 Å². The highest BCUT2D eigenvalue weighted by Gasteiger charge is 2.61. The lowest BCUT2D eigenvalue weighted by Crippen LogP contribution is -2.55. The number of thioether (sulfide) groups is 1. The van der Waals surface area contributed by atoms with Gasteiger partial charge in [-0.15, -0.1) is 11.8 Å². The van der Waals surface area contributed by atoms with Gasteiger partial charge in [-0.2, -0.15) is 0 Å². The van der Waals surface area contributed by atoms with Gasteiger partial charge < -0.3 is 19.7 Å². The maximum Gasteiger partial charge on any atom is 0.321 e. The van der Waals surface area contributed by atoms with Crippen molar-refractivity contribution in [3.05, 3.63) is 28.8 Å². The van der Waals surface area contributed by atoms with Crippen molar-refractivity contribution in [2.45, 2.75) is 132 Å². The Hall–Kier alpha value is -1.08. The molecule has 0 radical (unpaired) electrons. The molecule has 5 unspecified atom stereocenters. The van der Waals surface area contributed by atoms with Crippen molar-refractivity contribution < 1.29 is 24.5 Å². The molecule has 1 aromatic carbocycles. The predicted octanol–water partition coefficient (Wildman–Crippen LogP) is 8.28. The molecule has 0 spiro atoms. The van der Waals surface area contributed by atoms with E-state index in [0.29, 0.717) is 28.3 Å². The van der Waals surface area contributed by atoms with Crippen LogP contribution in [0.5, 0.6) is 5.75 Å². The first-order chi connectivity index (χ1) is 19.9. The van der Waals surface area contributed by atoms with Crippen LogP contribution in [0.1, 0.15) is 123 Å². The van der Waals surface area contributed by atoms with Crippen molar-refractivity contribution in [1.29, 1.82) is 0 Å². The molecule has 0 bridgehead atoms. The summed E-state index contributed by atoms with van der Waals surface area (Å²) in [6.45, 7) is 21.6. The predicted molar refractivity (Wildman–Crippen MR) is 178 cm³/mol. The maximum atomic E-state index is 12.2. The number of benzene rings is 1. The summed E-state index contributed by atoms with van der Waals surface area (Å²) in [4.78, 5) is 12.2. The zero-order chi connectivity index (χ0) is 31.6. The van der Waals surface area contributed by atoms with E-state index in [1.54, 1.807) is 0 Å². The van der Waals surface area contributed by atoms with Crippen LogP contribution in [0.25, 0.3) is 0 Å². The molecule has 0 amide bonds. The van der Waals surface area contributed by atoms with E-state index >= 15 is 0 Å². The molecule has 6 heteroatoms. The van der Waals surface area contributed by atoms with Gasteiger partial charge >= 0.3 is 5.97 Å². The van der Waals surface area contributed by atoms with Gasteiger partial charge in [0.15, 0.2) is 0 Å². The van der Waals surface area contributed by atoms with E-state index < -0.39 is 0 Å². The standard InChI is InChI=1S/C26H38O3S.C8H18O2.C2H6/c1-17-13-19(29-22(28)16-30-12-11-27)14-18-15-21-25(4)9-6-8-24(2,3)20(25)7-10-26(21,5)23(17)18;1-3-4-7-10-8(2)5-6-9;1-2/h13-14,20-21,27H,6-12,15-16H2,1-5H3;8-9H,3-7H2,1-2H3;1-2H3. The number of aliphatic hydroxyl groups is 2. The third kappa shape index (κ3) is 8.76. The van der Waals surface area contributed by atoms with Gasteiger partial charge in [0.25, 0.3) is 0 Å². The molecule has 1 aromatic rings. The smallest absolute Gasteiger partial charge is 0.321 e. The number of aryl methyl sites for hydroxylation is 1. The first-order valence-electron chi connectivity index (χ1n) is 16.7. The van der Waals surface area contributed by atoms with E-state index in [1.807, 2.05) is 20.8 Å². The number of ether oxygens (including phenoxy) is 2. The molecule has 2 N–H and O–H groups in total. The number of esters is 1. The zero-order valence-corrected chi connectivity index (χ0v) is 29.1. The van der Waals surface area contributed by atoms with E-state index in [4.69, 9.17) is 19.7 Å². The second kappa shape index (κ2) is 16.8. The normalized spacial score (nSPS) is 27.7. The SMILES string of the molecule is CC.CCCCOC(C)CCO.Cc1cc(OC(=O)CSCCO)cc2c1C1(C)CCC3C(C)(C)CCCC3(C)C1C2. The molecule has 2 saturated carbocycles. The summed E-state index contributed by atoms with van der Waals surface area (Å²) in [7, 11) is 0. The molecule has 2 fully saturated rings. The molecule has 5 atom stereocenters. The Bertz CT molecular complexity index is 978. The molecule has 242 valence electrons. The van der Waals surface area contributed by atoms with Crippen molar-refractivity contribution in [1.82, 2.24) is 0 Å². The lowest BCUT2D eigenvalue weighted by molar-refractivity contribution is -0.131. The van der Waals surface area contributed by atoms with E-state index in [0.717, 1.165) is 31.8 Å². The lowest BCUT2D eigenvalue weighted by atomic mass is 9.43. The van der Waals surface area contributed by atoms with Gasteiger partial charge in [0.1, 0.15) is 5.75 Å². The number of aliphatic hydroxyl groups excluding tert-OH is 2. The summed E-state index contributed by atoms with van der Waals surface area (Å²) in [5.74, 6) is 2.78. The summed E-state index contributed by atoms with van der Waals surface area (Å²) in [6, 6.07) is 4.22. The minimum atomic E-state index is -0.226. The van der Waals surface area contributed by atoms with Crippen LogP contribution in [0.15, 0.2) is 12.1 Å². The van der Waals surface area contributed by atoms with Crippen molar-refractivity contribution in [3.8, 4) is 5.75 Å². The number of rotatable bonds is 11. The van der Waals surface area contributed by atoms with Gasteiger partial charge in [-0.3, -0.25) is 4.79 Å². The van der Waals surface area contributed by atoms with Gasteiger partial charge in [0.2, 0.25) is 0 Å². The molecule has 0 aromatic heterocycles. The molecule has 0 heterocycles. The molecule has 0 aliphatic heterocycles. The number of unbranched alkanes of at least 4 members (excludes halogenated alkanes) is 1. The summed E-state index contributed by atoms with van der Waals surface area (Å²) < 4.78 is 11.0. The van der Waals surface area contributed by atoms with E-state index in [9.17, 15) is 4.79 Å². The average molecular weight is 607 g/mol. The third-order valence-electron chi connectivity index (χ3n) is 10.3. The van der Waals surface area contributed by atoms with Gasteiger partial charge in [-0.1, -0.05) is 61.3 Å². The Morgan fingerprint density at radius 1 is 1.07 bits per heavy atom. The number of carbonyl (C=O) groups is 1. The summed E-state index contributed by atoms with van der Waals surface area (Å²) in [6.07, 6.45) is 11.0. The first-order valence-corrected chi connectivity index (χ1v) is 17.8. The second-order valence-corrected chi connectivity index (χ2v) is 14.8. The van der Waals surface area contributed by atoms with E-state index in [2.05, 4.69) is 53.7 Å². The molecule has 4 rings (SSSR count). The lowest BCUT2D eigenvalue weighted by Gasteiger charge is -2.61. The monoisotopic (exact) mass is 606 g/mol. The van der Waals surface area contributed by atoms with Crippen LogP contribution in [-0.4, -0.2) is 53.6 Å². The van der Waals surface area contributed by atoms with E-state index in [-0.39, 0.29) is 36.5 Å². The molecule has 42 heavy (non-hydrogen) atoms. The van der Waals surface area contributed by atoms with Crippen LogP contribution >= 0.6 is 11.8 Å². The van der Waals surface area contributed by atoms with Crippen LogP contribution in [-0.2, 0) is 21.4 Å². The minimum Gasteiger partial charge on any atom is -0.426 e. The Morgan fingerprint density at radius 2 is 1.79 bits per heavy atom. The van der Waals surface area contributed by atoms with E-state index in [1.165, 1.54) is 67.0 Å². The molecular formula is C36H62O5S. The molecular weight excluding hydrogens is 544 g/mol. The Kier molecular flexibility index (Phi) is 14.9. The number of hydrogen-bond acceptors (Lipinski definition) is 6. The molecule has 3 aliphatic rings. The van der Waals surface area contributed by atoms with Crippen LogP contribution < -0.4 is 4.74 Å². The molecule has 3 aliphatic carbocycles. The highest BCUT2D eigenvalue weighted by Crippen LogP contribution is 2.67. The average Bonchev–Trinajstić information content (AvgIpc) is 3.24. The van der Waals surface area contributed by atoms with Gasteiger partial charge in [-0.05, 0) is 116 Å². The number of fused-ring (bicyclic) bond motifs is 5. The Labute approximate surface area is 261 Å². The summed E-state index contributed by atoms with van der Waals surface area (Å²) >= 11 is 1.41. The highest BCUT2D eigenvalue weighted by atomic mass is 32.2. The van der Waals surface area contributed by atoms with Crippen molar-refractivity contribution in [2.24, 2.45) is 22.7 Å². The van der Waals surface area contributed by atoms with Crippen LogP contribution in [0.2, 0.25) is 0 Å². The quantitative estimate of drug-likeness (QED) is 0.150. The van der Waals surface area contributed by atoms with Crippen LogP contribution in [0.3, 0.4) is 0 Å². The van der Waals surface area contributed by atoms with Crippen molar-refractivity contribution >= 4 is 17.7 Å². The largest absolute Gasteiger partial charge is 0.426 e. The first kappa shape index (κ1) is 37.1. The zero-order valence-electron chi connectivity index (χ0n) is 28.3. The molecule has 0 saturated heterocycles. The Morgan fingerprint density at radius 3 is 2.43 bits per heavy atom. The van der Waals surface area contributed by atoms with Crippen molar-refractivity contribution in [2.75, 3.05) is 31.3 Å². The van der Waals surface area contributed by atoms with Crippen LogP contribution in [0.4, 0.5) is 0 Å². The van der Waals surface area contributed by atoms with Gasteiger partial charge in [0.05, 0.1) is 18.5 Å². The number of hydrogen-bond donors (Lipinski definition) is 2. The fourth-order valence-electron chi connectivity index (χ4n) is 8.56.